The Bertz CT molecular complexity index is 739. The molecule has 5 heteroatoms. The van der Waals surface area contributed by atoms with Gasteiger partial charge < -0.3 is 5.11 Å². The van der Waals surface area contributed by atoms with Crippen molar-refractivity contribution in [3.63, 3.8) is 0 Å². The van der Waals surface area contributed by atoms with Gasteiger partial charge in [0.05, 0.1) is 6.10 Å². The average Bonchev–Trinajstić information content (AvgIpc) is 3.22. The third-order valence-electron chi connectivity index (χ3n) is 8.21. The first-order valence-electron chi connectivity index (χ1n) is 9.84. The molecule has 134 valence electrons. The summed E-state index contributed by atoms with van der Waals surface area (Å²) in [6, 6.07) is 0. The highest BCUT2D eigenvalue weighted by Gasteiger charge is 2.57. The van der Waals surface area contributed by atoms with Gasteiger partial charge in [-0.2, -0.15) is 0 Å². The molecule has 1 heterocycles. The summed E-state index contributed by atoms with van der Waals surface area (Å²) < 4.78 is 1.89. The first-order valence-corrected chi connectivity index (χ1v) is 9.84. The molecule has 2 saturated carbocycles. The summed E-state index contributed by atoms with van der Waals surface area (Å²) in [4.78, 5) is 0. The highest BCUT2D eigenvalue weighted by Crippen LogP contribution is 2.65. The molecule has 0 aliphatic heterocycles. The van der Waals surface area contributed by atoms with Gasteiger partial charge in [-0.25, -0.2) is 4.68 Å². The van der Waals surface area contributed by atoms with Gasteiger partial charge in [-0.05, 0) is 78.5 Å². The second kappa shape index (κ2) is 5.26. The van der Waals surface area contributed by atoms with Crippen molar-refractivity contribution in [2.24, 2.45) is 28.6 Å². The lowest BCUT2D eigenvalue weighted by Crippen LogP contribution is -2.50. The van der Waals surface area contributed by atoms with Crippen LogP contribution in [0, 0.1) is 28.6 Å². The number of aromatic nitrogens is 4. The van der Waals surface area contributed by atoms with E-state index in [4.69, 9.17) is 0 Å². The van der Waals surface area contributed by atoms with Gasteiger partial charge in [0, 0.05) is 11.1 Å². The molecular formula is C20H28N4O. The van der Waals surface area contributed by atoms with Crippen molar-refractivity contribution in [1.29, 1.82) is 0 Å². The van der Waals surface area contributed by atoms with E-state index in [2.05, 4.69) is 41.5 Å². The van der Waals surface area contributed by atoms with E-state index in [0.717, 1.165) is 37.5 Å². The van der Waals surface area contributed by atoms with Crippen LogP contribution in [0.5, 0.6) is 0 Å². The first-order chi connectivity index (χ1) is 12.0. The summed E-state index contributed by atoms with van der Waals surface area (Å²) in [5, 5.41) is 22.0. The van der Waals surface area contributed by atoms with E-state index >= 15 is 0 Å². The number of aliphatic hydroxyl groups excluding tert-OH is 1. The number of hydrogen-bond donors (Lipinski definition) is 1. The second-order valence-corrected chi connectivity index (χ2v) is 9.19. The van der Waals surface area contributed by atoms with Gasteiger partial charge in [-0.15, -0.1) is 5.10 Å². The Labute approximate surface area is 149 Å². The zero-order valence-electron chi connectivity index (χ0n) is 15.2. The van der Waals surface area contributed by atoms with Crippen molar-refractivity contribution in [2.75, 3.05) is 0 Å². The highest BCUT2D eigenvalue weighted by molar-refractivity contribution is 5.55. The maximum absolute atomic E-state index is 10.1. The number of hydrogen-bond acceptors (Lipinski definition) is 4. The molecule has 6 atom stereocenters. The van der Waals surface area contributed by atoms with Gasteiger partial charge in [0.25, 0.3) is 0 Å². The lowest BCUT2D eigenvalue weighted by Gasteiger charge is -2.57. The molecule has 0 spiro atoms. The molecule has 25 heavy (non-hydrogen) atoms. The minimum Gasteiger partial charge on any atom is -0.393 e. The molecule has 2 fully saturated rings. The number of fused-ring (bicyclic) bond motifs is 5. The van der Waals surface area contributed by atoms with Crippen molar-refractivity contribution in [1.82, 2.24) is 20.2 Å². The monoisotopic (exact) mass is 340 g/mol. The zero-order valence-corrected chi connectivity index (χ0v) is 15.2. The Morgan fingerprint density at radius 3 is 2.72 bits per heavy atom. The minimum absolute atomic E-state index is 0.121. The van der Waals surface area contributed by atoms with Crippen LogP contribution in [-0.2, 0) is 0 Å². The third-order valence-corrected chi connectivity index (χ3v) is 8.21. The molecule has 5 rings (SSSR count). The van der Waals surface area contributed by atoms with Gasteiger partial charge in [0.2, 0.25) is 0 Å². The van der Waals surface area contributed by atoms with Crippen LogP contribution in [0.15, 0.2) is 24.1 Å². The zero-order chi connectivity index (χ0) is 17.2. The van der Waals surface area contributed by atoms with Crippen molar-refractivity contribution < 1.29 is 5.11 Å². The second-order valence-electron chi connectivity index (χ2n) is 9.19. The lowest BCUT2D eigenvalue weighted by molar-refractivity contribution is -0.0251. The molecule has 4 aliphatic carbocycles. The molecule has 0 radical (unpaired) electrons. The quantitative estimate of drug-likeness (QED) is 0.795. The lowest BCUT2D eigenvalue weighted by atomic mass is 9.48. The highest BCUT2D eigenvalue weighted by atomic mass is 16.3. The van der Waals surface area contributed by atoms with E-state index in [9.17, 15) is 5.11 Å². The van der Waals surface area contributed by atoms with Crippen molar-refractivity contribution in [2.45, 2.75) is 64.9 Å². The van der Waals surface area contributed by atoms with E-state index in [1.54, 1.807) is 11.9 Å². The number of allylic oxidation sites excluding steroid dienone is 3. The maximum atomic E-state index is 10.1. The van der Waals surface area contributed by atoms with E-state index in [0.29, 0.717) is 11.3 Å². The molecule has 5 nitrogen and oxygen atoms in total. The summed E-state index contributed by atoms with van der Waals surface area (Å²) in [7, 11) is 0. The van der Waals surface area contributed by atoms with Crippen LogP contribution >= 0.6 is 0 Å². The van der Waals surface area contributed by atoms with E-state index in [1.165, 1.54) is 25.0 Å². The van der Waals surface area contributed by atoms with Gasteiger partial charge in [0.15, 0.2) is 0 Å². The predicted molar refractivity (Wildman–Crippen MR) is 95.2 cm³/mol. The van der Waals surface area contributed by atoms with Crippen molar-refractivity contribution >= 4 is 5.70 Å². The fraction of sp³-hybridized carbons (Fsp3) is 0.750. The molecule has 1 aromatic heterocycles. The summed E-state index contributed by atoms with van der Waals surface area (Å²) in [5.74, 6) is 2.19. The standard InChI is InChI=1S/C20H28N4O/c1-19-9-7-14(25)11-13(19)3-4-15-16-5-6-18(24-12-21-22-23-24)20(16,2)10-8-17(15)19/h3,6,12,14-17,25H,4-5,7-11H2,1-2H3/t14-,15?,16?,17?,19?,20?/m0/s1. The molecule has 4 aliphatic rings. The Kier molecular flexibility index (Phi) is 3.31. The number of rotatable bonds is 1. The SMILES string of the molecule is CC12CC[C@H](O)CC1=CCC1C2CCC2(C)C(n3cnnn3)=CCC12. The summed E-state index contributed by atoms with van der Waals surface area (Å²) in [6.07, 6.45) is 14.3. The van der Waals surface area contributed by atoms with Crippen LogP contribution in [0.4, 0.5) is 0 Å². The third kappa shape index (κ3) is 2.08. The number of nitrogens with zero attached hydrogens (tertiary/aromatic N) is 4. The van der Waals surface area contributed by atoms with Gasteiger partial charge >= 0.3 is 0 Å². The Balaban J connectivity index is 1.48. The minimum atomic E-state index is -0.121. The van der Waals surface area contributed by atoms with E-state index in [1.807, 2.05) is 4.68 Å². The fourth-order valence-corrected chi connectivity index (χ4v) is 6.81. The van der Waals surface area contributed by atoms with Gasteiger partial charge in [-0.3, -0.25) is 0 Å². The van der Waals surface area contributed by atoms with E-state index < -0.39 is 0 Å². The van der Waals surface area contributed by atoms with Crippen LogP contribution in [-0.4, -0.2) is 31.4 Å². The normalized spacial score (nSPS) is 45.9. The van der Waals surface area contributed by atoms with Gasteiger partial charge in [0.1, 0.15) is 6.33 Å². The van der Waals surface area contributed by atoms with Crippen LogP contribution in [0.3, 0.4) is 0 Å². The molecular weight excluding hydrogens is 312 g/mol. The molecule has 0 amide bonds. The summed E-state index contributed by atoms with van der Waals surface area (Å²) in [6.45, 7) is 4.91. The molecule has 0 bridgehead atoms. The largest absolute Gasteiger partial charge is 0.393 e. The average molecular weight is 340 g/mol. The van der Waals surface area contributed by atoms with Crippen LogP contribution in [0.2, 0.25) is 0 Å². The molecule has 1 aromatic rings. The van der Waals surface area contributed by atoms with Crippen LogP contribution in [0.25, 0.3) is 5.70 Å². The molecule has 5 unspecified atom stereocenters. The maximum Gasteiger partial charge on any atom is 0.143 e. The smallest absolute Gasteiger partial charge is 0.143 e. The van der Waals surface area contributed by atoms with Gasteiger partial charge in [-0.1, -0.05) is 31.6 Å². The van der Waals surface area contributed by atoms with Crippen molar-refractivity contribution in [3.8, 4) is 0 Å². The number of tetrazole rings is 1. The molecule has 1 N–H and O–H groups in total. The Hall–Kier alpha value is -1.49. The molecule has 0 saturated heterocycles. The Morgan fingerprint density at radius 2 is 1.92 bits per heavy atom. The predicted octanol–water partition coefficient (Wildman–Crippen LogP) is 3.45. The molecule has 0 aromatic carbocycles. The van der Waals surface area contributed by atoms with Crippen LogP contribution in [0.1, 0.15) is 58.8 Å². The van der Waals surface area contributed by atoms with Crippen LogP contribution < -0.4 is 0 Å². The van der Waals surface area contributed by atoms with E-state index in [-0.39, 0.29) is 11.5 Å². The fourth-order valence-electron chi connectivity index (χ4n) is 6.81. The van der Waals surface area contributed by atoms with Crippen molar-refractivity contribution in [3.05, 3.63) is 24.1 Å². The first kappa shape index (κ1) is 15.7. The summed E-state index contributed by atoms with van der Waals surface area (Å²) >= 11 is 0. The summed E-state index contributed by atoms with van der Waals surface area (Å²) in [5.41, 5.74) is 3.34. The topological polar surface area (TPSA) is 63.8 Å². The number of aliphatic hydroxyl groups is 1. The Morgan fingerprint density at radius 1 is 1.08 bits per heavy atom.